The second-order valence-corrected chi connectivity index (χ2v) is 6.10. The fraction of sp³-hybridized carbons (Fsp3) is 0.0625. The molecule has 0 fully saturated rings. The van der Waals surface area contributed by atoms with Gasteiger partial charge in [-0.2, -0.15) is 0 Å². The van der Waals surface area contributed by atoms with E-state index in [2.05, 4.69) is 20.6 Å². The summed E-state index contributed by atoms with van der Waals surface area (Å²) in [6, 6.07) is 9.47. The van der Waals surface area contributed by atoms with Crippen molar-refractivity contribution in [2.45, 2.75) is 6.54 Å². The van der Waals surface area contributed by atoms with Gasteiger partial charge in [-0.1, -0.05) is 6.07 Å². The highest BCUT2D eigenvalue weighted by Crippen LogP contribution is 2.31. The number of carbonyl (C=O) groups excluding carboxylic acids is 1. The minimum Gasteiger partial charge on any atom is -0.370 e. The van der Waals surface area contributed by atoms with Crippen molar-refractivity contribution in [3.8, 4) is 0 Å². The summed E-state index contributed by atoms with van der Waals surface area (Å²) < 4.78 is 0. The average molecular weight is 323 g/mol. The summed E-state index contributed by atoms with van der Waals surface area (Å²) in [4.78, 5) is 21.9. The van der Waals surface area contributed by atoms with Gasteiger partial charge in [-0.25, -0.2) is 4.99 Å². The summed E-state index contributed by atoms with van der Waals surface area (Å²) in [5.41, 5.74) is 8.65. The van der Waals surface area contributed by atoms with E-state index in [0.29, 0.717) is 18.1 Å². The number of carbonyl (C=O) groups is 1. The highest BCUT2D eigenvalue weighted by atomic mass is 32.1. The smallest absolute Gasteiger partial charge is 0.258 e. The SMILES string of the molecule is NC1=NCc2scc(C(=O)Nc3ccc4ncccc4c3)c2N1. The largest absolute Gasteiger partial charge is 0.370 e. The summed E-state index contributed by atoms with van der Waals surface area (Å²) in [7, 11) is 0. The first-order valence-corrected chi connectivity index (χ1v) is 7.92. The molecule has 0 radical (unpaired) electrons. The molecule has 1 amide bonds. The van der Waals surface area contributed by atoms with Crippen molar-refractivity contribution < 1.29 is 4.79 Å². The fourth-order valence-electron chi connectivity index (χ4n) is 2.49. The molecule has 6 nitrogen and oxygen atoms in total. The third kappa shape index (κ3) is 2.51. The van der Waals surface area contributed by atoms with E-state index in [1.807, 2.05) is 35.7 Å². The van der Waals surface area contributed by atoms with Crippen molar-refractivity contribution in [2.75, 3.05) is 10.6 Å². The number of nitrogens with two attached hydrogens (primary N) is 1. The molecule has 3 heterocycles. The Bertz CT molecular complexity index is 947. The van der Waals surface area contributed by atoms with Crippen LogP contribution < -0.4 is 16.4 Å². The minimum absolute atomic E-state index is 0.173. The van der Waals surface area contributed by atoms with Gasteiger partial charge in [0.1, 0.15) is 0 Å². The zero-order chi connectivity index (χ0) is 15.8. The molecule has 1 aromatic carbocycles. The molecule has 4 N–H and O–H groups in total. The van der Waals surface area contributed by atoms with E-state index < -0.39 is 0 Å². The molecule has 0 saturated carbocycles. The zero-order valence-corrected chi connectivity index (χ0v) is 12.9. The lowest BCUT2D eigenvalue weighted by Crippen LogP contribution is -2.27. The highest BCUT2D eigenvalue weighted by Gasteiger charge is 2.21. The lowest BCUT2D eigenvalue weighted by Gasteiger charge is -2.13. The molecule has 114 valence electrons. The van der Waals surface area contributed by atoms with E-state index in [0.717, 1.165) is 27.2 Å². The van der Waals surface area contributed by atoms with Crippen LogP contribution >= 0.6 is 11.3 Å². The van der Waals surface area contributed by atoms with Crippen LogP contribution in [0.15, 0.2) is 46.9 Å². The van der Waals surface area contributed by atoms with E-state index >= 15 is 0 Å². The van der Waals surface area contributed by atoms with Crippen LogP contribution in [0.25, 0.3) is 10.9 Å². The normalized spacial score (nSPS) is 13.1. The summed E-state index contributed by atoms with van der Waals surface area (Å²) in [5.74, 6) is 0.162. The number of pyridine rings is 1. The van der Waals surface area contributed by atoms with Crippen LogP contribution in [0.3, 0.4) is 0 Å². The number of rotatable bonds is 2. The van der Waals surface area contributed by atoms with E-state index in [1.54, 1.807) is 6.20 Å². The summed E-state index contributed by atoms with van der Waals surface area (Å²) >= 11 is 1.50. The third-order valence-corrected chi connectivity index (χ3v) is 4.59. The van der Waals surface area contributed by atoms with Gasteiger partial charge in [0.05, 0.1) is 28.2 Å². The summed E-state index contributed by atoms with van der Waals surface area (Å²) in [6.07, 6.45) is 1.75. The van der Waals surface area contributed by atoms with E-state index in [4.69, 9.17) is 5.73 Å². The number of hydrogen-bond acceptors (Lipinski definition) is 6. The average Bonchev–Trinajstić information content (AvgIpc) is 2.98. The second kappa shape index (κ2) is 5.36. The standard InChI is InChI=1S/C16H13N5OS/c17-16-19-7-13-14(21-16)11(8-23-13)15(22)20-10-3-4-12-9(6-10)2-1-5-18-12/h1-6,8H,7H2,(H,20,22)(H3,17,19,21). The fourth-order valence-corrected chi connectivity index (χ4v) is 3.40. The number of thiophene rings is 1. The maximum absolute atomic E-state index is 12.5. The number of benzene rings is 1. The Morgan fingerprint density at radius 2 is 2.26 bits per heavy atom. The number of aliphatic imine (C=N–C) groups is 1. The van der Waals surface area contributed by atoms with Gasteiger partial charge in [-0.15, -0.1) is 11.3 Å². The van der Waals surface area contributed by atoms with Crippen molar-refractivity contribution in [1.29, 1.82) is 0 Å². The number of aromatic nitrogens is 1. The molecule has 0 bridgehead atoms. The third-order valence-electron chi connectivity index (χ3n) is 3.62. The van der Waals surface area contributed by atoms with Gasteiger partial charge in [-0.3, -0.25) is 9.78 Å². The topological polar surface area (TPSA) is 92.4 Å². The Hall–Kier alpha value is -2.93. The van der Waals surface area contributed by atoms with Crippen molar-refractivity contribution in [1.82, 2.24) is 4.98 Å². The number of anilines is 2. The molecule has 2 aromatic heterocycles. The zero-order valence-electron chi connectivity index (χ0n) is 12.0. The van der Waals surface area contributed by atoms with Crippen LogP contribution in [0.5, 0.6) is 0 Å². The number of nitrogens with zero attached hydrogens (tertiary/aromatic N) is 2. The first-order valence-electron chi connectivity index (χ1n) is 7.04. The Kier molecular flexibility index (Phi) is 3.20. The van der Waals surface area contributed by atoms with Crippen LogP contribution in [-0.4, -0.2) is 16.9 Å². The molecule has 23 heavy (non-hydrogen) atoms. The lowest BCUT2D eigenvalue weighted by atomic mass is 10.2. The van der Waals surface area contributed by atoms with Gasteiger partial charge in [0.2, 0.25) is 0 Å². The molecular weight excluding hydrogens is 310 g/mol. The van der Waals surface area contributed by atoms with Crippen molar-refractivity contribution in [3.63, 3.8) is 0 Å². The number of nitrogens with one attached hydrogen (secondary N) is 2. The van der Waals surface area contributed by atoms with Gasteiger partial charge in [0.15, 0.2) is 5.96 Å². The molecule has 3 aromatic rings. The highest BCUT2D eigenvalue weighted by molar-refractivity contribution is 7.11. The van der Waals surface area contributed by atoms with Crippen LogP contribution in [0, 0.1) is 0 Å². The Morgan fingerprint density at radius 1 is 1.35 bits per heavy atom. The Balaban J connectivity index is 1.62. The Morgan fingerprint density at radius 3 is 3.17 bits per heavy atom. The van der Waals surface area contributed by atoms with Gasteiger partial charge in [0.25, 0.3) is 5.91 Å². The monoisotopic (exact) mass is 323 g/mol. The van der Waals surface area contributed by atoms with Crippen molar-refractivity contribution in [3.05, 3.63) is 52.3 Å². The molecule has 1 aliphatic rings. The molecule has 4 rings (SSSR count). The summed E-state index contributed by atoms with van der Waals surface area (Å²) in [5, 5.41) is 8.69. The number of fused-ring (bicyclic) bond motifs is 2. The molecule has 7 heteroatoms. The number of amides is 1. The predicted octanol–water partition coefficient (Wildman–Crippen LogP) is 2.79. The maximum Gasteiger partial charge on any atom is 0.258 e. The first kappa shape index (κ1) is 13.7. The minimum atomic E-state index is -0.173. The van der Waals surface area contributed by atoms with E-state index in [1.165, 1.54) is 11.3 Å². The molecule has 1 aliphatic heterocycles. The van der Waals surface area contributed by atoms with Crippen LogP contribution in [0.4, 0.5) is 11.4 Å². The van der Waals surface area contributed by atoms with Gasteiger partial charge < -0.3 is 16.4 Å². The van der Waals surface area contributed by atoms with E-state index in [-0.39, 0.29) is 5.91 Å². The summed E-state index contributed by atoms with van der Waals surface area (Å²) in [6.45, 7) is 0.508. The van der Waals surface area contributed by atoms with Crippen molar-refractivity contribution in [2.24, 2.45) is 10.7 Å². The molecule has 0 spiro atoms. The Labute approximate surface area is 136 Å². The second-order valence-electron chi connectivity index (χ2n) is 5.14. The van der Waals surface area contributed by atoms with Crippen LogP contribution in [0.2, 0.25) is 0 Å². The predicted molar refractivity (Wildman–Crippen MR) is 93.0 cm³/mol. The van der Waals surface area contributed by atoms with Crippen LogP contribution in [0.1, 0.15) is 15.2 Å². The van der Waals surface area contributed by atoms with Crippen LogP contribution in [-0.2, 0) is 6.54 Å². The van der Waals surface area contributed by atoms with Gasteiger partial charge in [-0.05, 0) is 24.3 Å². The van der Waals surface area contributed by atoms with Gasteiger partial charge in [0, 0.05) is 22.7 Å². The van der Waals surface area contributed by atoms with E-state index in [9.17, 15) is 4.79 Å². The number of hydrogen-bond donors (Lipinski definition) is 3. The molecule has 0 atom stereocenters. The molecule has 0 saturated heterocycles. The quantitative estimate of drug-likeness (QED) is 0.676. The maximum atomic E-state index is 12.5. The molecular formula is C16H13N5OS. The van der Waals surface area contributed by atoms with Gasteiger partial charge >= 0.3 is 0 Å². The molecule has 0 aliphatic carbocycles. The number of guanidine groups is 1. The lowest BCUT2D eigenvalue weighted by molar-refractivity contribution is 0.102. The first-order chi connectivity index (χ1) is 11.2. The molecule has 0 unspecified atom stereocenters. The van der Waals surface area contributed by atoms with Crippen molar-refractivity contribution >= 4 is 45.5 Å².